The number of benzene rings is 1. The van der Waals surface area contributed by atoms with Crippen LogP contribution in [0.5, 0.6) is 0 Å². The molecular formula is C16H30N3OPSi. The molecule has 124 valence electrons. The Balaban J connectivity index is 2.49. The van der Waals surface area contributed by atoms with Crippen molar-refractivity contribution >= 4 is 21.7 Å². The van der Waals surface area contributed by atoms with E-state index in [1.165, 1.54) is 0 Å². The van der Waals surface area contributed by atoms with Crippen LogP contribution in [0, 0.1) is 0 Å². The predicted octanol–water partition coefficient (Wildman–Crippen LogP) is 5.12. The van der Waals surface area contributed by atoms with Crippen molar-refractivity contribution in [1.29, 1.82) is 0 Å². The second-order valence-corrected chi connectivity index (χ2v) is 15.2. The largest absolute Gasteiger partial charge is 0.313 e. The number of hydrogen-bond acceptors (Lipinski definition) is 1. The van der Waals surface area contributed by atoms with Crippen LogP contribution in [-0.4, -0.2) is 28.1 Å². The van der Waals surface area contributed by atoms with Gasteiger partial charge in [0.15, 0.2) is 0 Å². The normalized spacial score (nSPS) is 22.2. The second-order valence-electron chi connectivity index (χ2n) is 8.48. The van der Waals surface area contributed by atoms with E-state index in [0.717, 1.165) is 5.69 Å². The lowest BCUT2D eigenvalue weighted by atomic mass is 10.1. The Morgan fingerprint density at radius 3 is 1.68 bits per heavy atom. The van der Waals surface area contributed by atoms with Gasteiger partial charge >= 0.3 is 0 Å². The van der Waals surface area contributed by atoms with Gasteiger partial charge in [0.1, 0.15) is 0 Å². The second kappa shape index (κ2) is 5.20. The molecule has 6 heteroatoms. The lowest BCUT2D eigenvalue weighted by molar-refractivity contribution is 0.214. The van der Waals surface area contributed by atoms with Gasteiger partial charge in [0.05, 0.1) is 0 Å². The van der Waals surface area contributed by atoms with Crippen molar-refractivity contribution in [1.82, 2.24) is 8.67 Å². The first-order valence-corrected chi connectivity index (χ1v) is 12.4. The summed E-state index contributed by atoms with van der Waals surface area (Å²) in [6, 6.07) is 9.88. The highest BCUT2D eigenvalue weighted by Crippen LogP contribution is 2.71. The minimum absolute atomic E-state index is 0.130. The fourth-order valence-corrected chi connectivity index (χ4v) is 16.1. The molecule has 1 saturated heterocycles. The average molecular weight is 339 g/mol. The number of nitrogens with zero attached hydrogens (tertiary/aromatic N) is 2. The van der Waals surface area contributed by atoms with Crippen molar-refractivity contribution in [3.05, 3.63) is 30.3 Å². The van der Waals surface area contributed by atoms with Crippen LogP contribution in [0.4, 0.5) is 5.69 Å². The fourth-order valence-electron chi connectivity index (χ4n) is 4.04. The monoisotopic (exact) mass is 339 g/mol. The van der Waals surface area contributed by atoms with Gasteiger partial charge < -0.3 is 5.09 Å². The van der Waals surface area contributed by atoms with Crippen LogP contribution in [-0.2, 0) is 4.57 Å². The third-order valence-corrected chi connectivity index (χ3v) is 14.7. The first-order chi connectivity index (χ1) is 9.81. The van der Waals surface area contributed by atoms with Gasteiger partial charge in [-0.2, -0.15) is 0 Å². The first-order valence-electron chi connectivity index (χ1n) is 7.86. The number of nitrogens with one attached hydrogen (secondary N) is 1. The van der Waals surface area contributed by atoms with Gasteiger partial charge in [-0.15, -0.1) is 0 Å². The number of hydrogen-bond donors (Lipinski definition) is 1. The topological polar surface area (TPSA) is 35.6 Å². The predicted molar refractivity (Wildman–Crippen MR) is 98.3 cm³/mol. The van der Waals surface area contributed by atoms with Gasteiger partial charge in [-0.3, -0.25) is 4.57 Å². The summed E-state index contributed by atoms with van der Waals surface area (Å²) >= 11 is 0. The summed E-state index contributed by atoms with van der Waals surface area (Å²) in [4.78, 5) is 0. The Hall–Kier alpha value is -0.613. The zero-order chi connectivity index (χ0) is 17.0. The third kappa shape index (κ3) is 2.80. The van der Waals surface area contributed by atoms with Crippen LogP contribution in [0.25, 0.3) is 0 Å². The molecule has 0 unspecified atom stereocenters. The molecule has 1 aliphatic heterocycles. The Labute approximate surface area is 136 Å². The van der Waals surface area contributed by atoms with Crippen LogP contribution in [0.15, 0.2) is 30.3 Å². The highest BCUT2D eigenvalue weighted by atomic mass is 31.2. The van der Waals surface area contributed by atoms with Crippen LogP contribution < -0.4 is 5.09 Å². The lowest BCUT2D eigenvalue weighted by Gasteiger charge is -2.68. The number of rotatable bonds is 2. The molecule has 0 aromatic heterocycles. The molecule has 2 rings (SSSR count). The molecule has 1 N–H and O–H groups in total. The van der Waals surface area contributed by atoms with E-state index in [0.29, 0.717) is 0 Å². The maximum Gasteiger partial charge on any atom is 0.298 e. The van der Waals surface area contributed by atoms with E-state index in [1.54, 1.807) is 0 Å². The molecule has 1 aliphatic rings. The molecule has 0 aliphatic carbocycles. The van der Waals surface area contributed by atoms with Crippen molar-refractivity contribution in [3.8, 4) is 0 Å². The third-order valence-electron chi connectivity index (χ3n) is 3.90. The maximum atomic E-state index is 14.0. The molecular weight excluding hydrogens is 309 g/mol. The molecule has 4 nitrogen and oxygen atoms in total. The molecule has 0 bridgehead atoms. The molecule has 0 radical (unpaired) electrons. The Kier molecular flexibility index (Phi) is 4.19. The Morgan fingerprint density at radius 2 is 1.32 bits per heavy atom. The summed E-state index contributed by atoms with van der Waals surface area (Å²) in [6.07, 6.45) is 0. The van der Waals surface area contributed by atoms with Crippen molar-refractivity contribution < 1.29 is 4.57 Å². The molecule has 1 heterocycles. The van der Waals surface area contributed by atoms with E-state index in [2.05, 4.69) is 68.4 Å². The van der Waals surface area contributed by atoms with E-state index in [9.17, 15) is 4.57 Å². The Morgan fingerprint density at radius 1 is 0.909 bits per heavy atom. The minimum atomic E-state index is -2.82. The smallest absolute Gasteiger partial charge is 0.298 e. The summed E-state index contributed by atoms with van der Waals surface area (Å²) in [6.45, 7) is 17.5. The van der Waals surface area contributed by atoms with Crippen molar-refractivity contribution in [3.63, 3.8) is 0 Å². The molecule has 0 atom stereocenters. The lowest BCUT2D eigenvalue weighted by Crippen LogP contribution is -2.79. The highest BCUT2D eigenvalue weighted by Gasteiger charge is 2.69. The standard InChI is InChI=1S/C16H30N3OPSi/c1-15(2,3)18-21(20,17-14-12-10-9-11-13-14)19(16(4,5)6)22(18,7)8/h9-13H,1-8H3,(H,17,20). The molecule has 0 spiro atoms. The molecule has 1 aromatic rings. The van der Waals surface area contributed by atoms with E-state index >= 15 is 0 Å². The summed E-state index contributed by atoms with van der Waals surface area (Å²) in [5.41, 5.74) is 0.655. The van der Waals surface area contributed by atoms with Gasteiger partial charge in [0.25, 0.3) is 7.59 Å². The van der Waals surface area contributed by atoms with Gasteiger partial charge in [0.2, 0.25) is 8.40 Å². The zero-order valence-corrected chi connectivity index (χ0v) is 17.0. The van der Waals surface area contributed by atoms with E-state index in [1.807, 2.05) is 30.3 Å². The fraction of sp³-hybridized carbons (Fsp3) is 0.625. The summed E-state index contributed by atoms with van der Waals surface area (Å²) in [7, 11) is -4.75. The van der Waals surface area contributed by atoms with Gasteiger partial charge in [-0.05, 0) is 66.8 Å². The first kappa shape index (κ1) is 17.7. The van der Waals surface area contributed by atoms with Crippen molar-refractivity contribution in [2.24, 2.45) is 0 Å². The molecule has 1 fully saturated rings. The van der Waals surface area contributed by atoms with Crippen LogP contribution in [0.1, 0.15) is 41.5 Å². The molecule has 0 saturated carbocycles. The van der Waals surface area contributed by atoms with Crippen LogP contribution >= 0.6 is 7.59 Å². The summed E-state index contributed by atoms with van der Waals surface area (Å²) in [5, 5.41) is 3.37. The molecule has 22 heavy (non-hydrogen) atoms. The average Bonchev–Trinajstić information content (AvgIpc) is 2.23. The van der Waals surface area contributed by atoms with E-state index in [4.69, 9.17) is 0 Å². The molecule has 1 aromatic carbocycles. The van der Waals surface area contributed by atoms with Crippen LogP contribution in [0.2, 0.25) is 13.1 Å². The van der Waals surface area contributed by atoms with Gasteiger partial charge in [0, 0.05) is 16.8 Å². The van der Waals surface area contributed by atoms with Gasteiger partial charge in [-0.25, -0.2) is 8.67 Å². The zero-order valence-electron chi connectivity index (χ0n) is 15.1. The summed E-state index contributed by atoms with van der Waals surface area (Å²) < 4.78 is 18.5. The summed E-state index contributed by atoms with van der Waals surface area (Å²) in [5.74, 6) is 0. The SMILES string of the molecule is CC(C)(C)N1[Si](C)(C)N(C(C)(C)C)P1(=O)Nc1ccccc1. The van der Waals surface area contributed by atoms with Gasteiger partial charge in [-0.1, -0.05) is 18.2 Å². The van der Waals surface area contributed by atoms with Crippen molar-refractivity contribution in [2.45, 2.75) is 65.7 Å². The maximum absolute atomic E-state index is 14.0. The Bertz CT molecular complexity index is 562. The van der Waals surface area contributed by atoms with Crippen molar-refractivity contribution in [2.75, 3.05) is 5.09 Å². The number of anilines is 1. The number of para-hydroxylation sites is 1. The van der Waals surface area contributed by atoms with E-state index < -0.39 is 16.0 Å². The quantitative estimate of drug-likeness (QED) is 0.599. The van der Waals surface area contributed by atoms with E-state index in [-0.39, 0.29) is 11.1 Å². The molecule has 0 amide bonds. The minimum Gasteiger partial charge on any atom is -0.313 e. The van der Waals surface area contributed by atoms with Crippen LogP contribution in [0.3, 0.4) is 0 Å². The highest BCUT2D eigenvalue weighted by molar-refractivity contribution is 7.69.